The molecule has 2 rings (SSSR count). The van der Waals surface area contributed by atoms with Crippen molar-refractivity contribution >= 4 is 40.0 Å². The number of benzene rings is 2. The van der Waals surface area contributed by atoms with Crippen LogP contribution in [0.5, 0.6) is 5.75 Å². The van der Waals surface area contributed by atoms with Gasteiger partial charge in [-0.2, -0.15) is 0 Å². The lowest BCUT2D eigenvalue weighted by Gasteiger charge is -2.07. The highest BCUT2D eigenvalue weighted by molar-refractivity contribution is 14.1. The first-order chi connectivity index (χ1) is 8.60. The van der Waals surface area contributed by atoms with Crippen molar-refractivity contribution in [2.45, 2.75) is 9.79 Å². The lowest BCUT2D eigenvalue weighted by molar-refractivity contribution is 0.414. The summed E-state index contributed by atoms with van der Waals surface area (Å²) in [5, 5.41) is 0. The van der Waals surface area contributed by atoms with Crippen LogP contribution in [-0.2, 0) is 0 Å². The maximum absolute atomic E-state index is 13.5. The fourth-order valence-electron chi connectivity index (χ4n) is 1.40. The number of nitrogen functional groups attached to an aromatic ring is 1. The van der Waals surface area contributed by atoms with Crippen LogP contribution in [0.1, 0.15) is 0 Å². The Morgan fingerprint density at radius 3 is 2.50 bits per heavy atom. The molecule has 0 saturated heterocycles. The van der Waals surface area contributed by atoms with Gasteiger partial charge in [0.25, 0.3) is 0 Å². The number of hydrogen-bond donors (Lipinski definition) is 1. The predicted octanol–water partition coefficient (Wildman–Crippen LogP) is 4.17. The summed E-state index contributed by atoms with van der Waals surface area (Å²) in [6.07, 6.45) is 0. The molecule has 0 aliphatic carbocycles. The molecular weight excluding hydrogens is 364 g/mol. The van der Waals surface area contributed by atoms with Crippen molar-refractivity contribution in [1.82, 2.24) is 0 Å². The minimum absolute atomic E-state index is 0.249. The maximum Gasteiger partial charge on any atom is 0.137 e. The van der Waals surface area contributed by atoms with Crippen LogP contribution in [0.25, 0.3) is 0 Å². The van der Waals surface area contributed by atoms with Gasteiger partial charge in [-0.15, -0.1) is 0 Å². The molecule has 0 atom stereocenters. The fraction of sp³-hybridized carbons (Fsp3) is 0.0769. The Morgan fingerprint density at radius 2 is 1.89 bits per heavy atom. The van der Waals surface area contributed by atoms with Gasteiger partial charge >= 0.3 is 0 Å². The molecular formula is C13H11FINOS. The van der Waals surface area contributed by atoms with Gasteiger partial charge in [-0.3, -0.25) is 0 Å². The summed E-state index contributed by atoms with van der Waals surface area (Å²) >= 11 is 3.36. The zero-order valence-electron chi connectivity index (χ0n) is 9.61. The van der Waals surface area contributed by atoms with E-state index < -0.39 is 0 Å². The fourth-order valence-corrected chi connectivity index (χ4v) is 2.76. The Bertz CT molecular complexity index is 560. The average Bonchev–Trinajstić information content (AvgIpc) is 2.37. The number of halogens is 2. The van der Waals surface area contributed by atoms with Gasteiger partial charge in [0.2, 0.25) is 0 Å². The molecule has 2 nitrogen and oxygen atoms in total. The van der Waals surface area contributed by atoms with Gasteiger partial charge in [-0.25, -0.2) is 4.39 Å². The van der Waals surface area contributed by atoms with E-state index in [1.54, 1.807) is 13.2 Å². The van der Waals surface area contributed by atoms with E-state index in [1.807, 2.05) is 46.9 Å². The Kier molecular flexibility index (Phi) is 4.34. The van der Waals surface area contributed by atoms with Crippen LogP contribution in [0.4, 0.5) is 10.1 Å². The first-order valence-corrected chi connectivity index (χ1v) is 7.06. The molecule has 5 heteroatoms. The summed E-state index contributed by atoms with van der Waals surface area (Å²) in [5.41, 5.74) is 6.46. The van der Waals surface area contributed by atoms with E-state index in [4.69, 9.17) is 10.5 Å². The first-order valence-electron chi connectivity index (χ1n) is 5.16. The van der Waals surface area contributed by atoms with Gasteiger partial charge in [0.05, 0.1) is 10.7 Å². The summed E-state index contributed by atoms with van der Waals surface area (Å²) in [7, 11) is 1.62. The van der Waals surface area contributed by atoms with E-state index in [0.29, 0.717) is 9.26 Å². The zero-order chi connectivity index (χ0) is 13.1. The summed E-state index contributed by atoms with van der Waals surface area (Å²) in [4.78, 5) is 1.71. The number of rotatable bonds is 3. The molecule has 0 amide bonds. The highest BCUT2D eigenvalue weighted by Crippen LogP contribution is 2.34. The molecule has 0 aliphatic heterocycles. The van der Waals surface area contributed by atoms with E-state index in [1.165, 1.54) is 17.8 Å². The van der Waals surface area contributed by atoms with Crippen molar-refractivity contribution in [3.8, 4) is 5.75 Å². The van der Waals surface area contributed by atoms with Gasteiger partial charge in [0, 0.05) is 15.5 Å². The third kappa shape index (κ3) is 3.08. The standard InChI is InChI=1S/C13H11FINOS/c1-17-8-2-4-9(5-3-8)18-13-6-10(14)11(15)7-12(13)16/h2-7H,16H2,1H3. The summed E-state index contributed by atoms with van der Waals surface area (Å²) < 4.78 is 19.1. The van der Waals surface area contributed by atoms with Gasteiger partial charge < -0.3 is 10.5 Å². The van der Waals surface area contributed by atoms with Crippen LogP contribution < -0.4 is 10.5 Å². The van der Waals surface area contributed by atoms with E-state index in [2.05, 4.69) is 0 Å². The number of anilines is 1. The molecule has 94 valence electrons. The predicted molar refractivity (Wildman–Crippen MR) is 80.6 cm³/mol. The van der Waals surface area contributed by atoms with Gasteiger partial charge in [-0.05, 0) is 59.0 Å². The highest BCUT2D eigenvalue weighted by atomic mass is 127. The molecule has 0 spiro atoms. The van der Waals surface area contributed by atoms with Crippen molar-refractivity contribution in [1.29, 1.82) is 0 Å². The number of nitrogens with two attached hydrogens (primary N) is 1. The van der Waals surface area contributed by atoms with Crippen LogP contribution in [0.3, 0.4) is 0 Å². The minimum Gasteiger partial charge on any atom is -0.497 e. The van der Waals surface area contributed by atoms with E-state index >= 15 is 0 Å². The van der Waals surface area contributed by atoms with Crippen LogP contribution >= 0.6 is 34.4 Å². The van der Waals surface area contributed by atoms with Crippen molar-refractivity contribution in [3.63, 3.8) is 0 Å². The molecule has 18 heavy (non-hydrogen) atoms. The van der Waals surface area contributed by atoms with Crippen molar-refractivity contribution in [2.75, 3.05) is 12.8 Å². The summed E-state index contributed by atoms with van der Waals surface area (Å²) in [6.45, 7) is 0. The summed E-state index contributed by atoms with van der Waals surface area (Å²) in [6, 6.07) is 10.7. The summed E-state index contributed by atoms with van der Waals surface area (Å²) in [5.74, 6) is 0.543. The van der Waals surface area contributed by atoms with Crippen LogP contribution in [-0.4, -0.2) is 7.11 Å². The molecule has 2 aromatic carbocycles. The molecule has 0 heterocycles. The largest absolute Gasteiger partial charge is 0.497 e. The molecule has 0 aliphatic rings. The molecule has 2 N–H and O–H groups in total. The Balaban J connectivity index is 2.25. The smallest absolute Gasteiger partial charge is 0.137 e. The first kappa shape index (κ1) is 13.5. The molecule has 0 bridgehead atoms. The third-order valence-corrected chi connectivity index (χ3v) is 4.25. The van der Waals surface area contributed by atoms with Crippen molar-refractivity contribution < 1.29 is 9.13 Å². The molecule has 0 fully saturated rings. The second-order valence-electron chi connectivity index (χ2n) is 3.58. The van der Waals surface area contributed by atoms with Gasteiger partial charge in [0.15, 0.2) is 0 Å². The van der Waals surface area contributed by atoms with Crippen LogP contribution in [0, 0.1) is 9.39 Å². The zero-order valence-corrected chi connectivity index (χ0v) is 12.6. The maximum atomic E-state index is 13.5. The molecule has 0 radical (unpaired) electrons. The quantitative estimate of drug-likeness (QED) is 0.646. The topological polar surface area (TPSA) is 35.2 Å². The van der Waals surface area contributed by atoms with Crippen LogP contribution in [0.15, 0.2) is 46.2 Å². The van der Waals surface area contributed by atoms with Gasteiger partial charge in [0.1, 0.15) is 11.6 Å². The lowest BCUT2D eigenvalue weighted by Crippen LogP contribution is -1.92. The molecule has 0 saturated carbocycles. The van der Waals surface area contributed by atoms with Gasteiger partial charge in [-0.1, -0.05) is 11.8 Å². The average molecular weight is 375 g/mol. The third-order valence-electron chi connectivity index (χ3n) is 2.34. The molecule has 0 aromatic heterocycles. The number of methoxy groups -OCH3 is 1. The number of hydrogen-bond acceptors (Lipinski definition) is 3. The van der Waals surface area contributed by atoms with Crippen molar-refractivity contribution in [3.05, 3.63) is 45.8 Å². The molecule has 2 aromatic rings. The SMILES string of the molecule is COc1ccc(Sc2cc(F)c(I)cc2N)cc1. The lowest BCUT2D eigenvalue weighted by atomic mass is 10.3. The second kappa shape index (κ2) is 5.79. The van der Waals surface area contributed by atoms with E-state index in [-0.39, 0.29) is 5.82 Å². The molecule has 0 unspecified atom stereocenters. The van der Waals surface area contributed by atoms with Crippen molar-refractivity contribution in [2.24, 2.45) is 0 Å². The number of ether oxygens (including phenoxy) is 1. The van der Waals surface area contributed by atoms with E-state index in [0.717, 1.165) is 15.5 Å². The normalized spacial score (nSPS) is 10.4. The highest BCUT2D eigenvalue weighted by Gasteiger charge is 2.07. The Hall–Kier alpha value is -0.950. The van der Waals surface area contributed by atoms with E-state index in [9.17, 15) is 4.39 Å². The second-order valence-corrected chi connectivity index (χ2v) is 5.86. The van der Waals surface area contributed by atoms with Crippen LogP contribution in [0.2, 0.25) is 0 Å². The Labute approximate surface area is 123 Å². The monoisotopic (exact) mass is 375 g/mol. The minimum atomic E-state index is -0.249. The Morgan fingerprint density at radius 1 is 1.22 bits per heavy atom.